The molecule has 0 aromatic heterocycles. The number of hydrogen-bond donors (Lipinski definition) is 0. The Morgan fingerprint density at radius 2 is 0.667 bits per heavy atom. The molecule has 13 rings (SSSR count). The molecule has 2 heteroatoms. The molecule has 0 amide bonds. The molecule has 0 fully saturated rings. The summed E-state index contributed by atoms with van der Waals surface area (Å²) >= 11 is 0. The second-order valence-corrected chi connectivity index (χ2v) is 17.3. The van der Waals surface area contributed by atoms with Gasteiger partial charge in [-0.3, -0.25) is 0 Å². The van der Waals surface area contributed by atoms with Gasteiger partial charge in [-0.25, -0.2) is 4.39 Å². The van der Waals surface area contributed by atoms with Crippen LogP contribution in [-0.2, 0) is 0 Å². The smallest absolute Gasteiger partial charge is 0.123 e. The number of benzene rings is 13. The average Bonchev–Trinajstić information content (AvgIpc) is 3.38. The summed E-state index contributed by atoms with van der Waals surface area (Å²) in [6, 6.07) is 86.6. The molecule has 66 heavy (non-hydrogen) atoms. The van der Waals surface area contributed by atoms with Crippen LogP contribution in [0.5, 0.6) is 0 Å². The SMILES string of the molecule is Fc1ccc(N(c2ccc(-c3ccc4c(-c5cc6ccccc6c6ccccc56)c5ccccc5c(-c5cc6ccccc6c6ccccc56)c4c3)cc2)c2cccc3ccccc23)cc1. The van der Waals surface area contributed by atoms with Gasteiger partial charge in [0.15, 0.2) is 0 Å². The van der Waals surface area contributed by atoms with Gasteiger partial charge in [0.25, 0.3) is 0 Å². The van der Waals surface area contributed by atoms with Crippen molar-refractivity contribution in [3.63, 3.8) is 0 Å². The third-order valence-electron chi connectivity index (χ3n) is 13.6. The van der Waals surface area contributed by atoms with Gasteiger partial charge in [-0.05, 0) is 164 Å². The Kier molecular flexibility index (Phi) is 8.79. The molecule has 0 N–H and O–H groups in total. The zero-order valence-corrected chi connectivity index (χ0v) is 35.9. The summed E-state index contributed by atoms with van der Waals surface area (Å²) in [6.07, 6.45) is 0. The van der Waals surface area contributed by atoms with Gasteiger partial charge >= 0.3 is 0 Å². The lowest BCUT2D eigenvalue weighted by Gasteiger charge is -2.27. The zero-order valence-electron chi connectivity index (χ0n) is 35.9. The number of hydrogen-bond acceptors (Lipinski definition) is 1. The highest BCUT2D eigenvalue weighted by molar-refractivity contribution is 6.28. The fourth-order valence-electron chi connectivity index (χ4n) is 10.7. The first-order chi connectivity index (χ1) is 32.7. The van der Waals surface area contributed by atoms with Crippen molar-refractivity contribution in [2.75, 3.05) is 4.90 Å². The van der Waals surface area contributed by atoms with Crippen molar-refractivity contribution in [2.45, 2.75) is 0 Å². The van der Waals surface area contributed by atoms with E-state index >= 15 is 0 Å². The van der Waals surface area contributed by atoms with Crippen LogP contribution < -0.4 is 4.90 Å². The van der Waals surface area contributed by atoms with Crippen LogP contribution in [0.2, 0.25) is 0 Å². The van der Waals surface area contributed by atoms with Gasteiger partial charge in [-0.15, -0.1) is 0 Å². The summed E-state index contributed by atoms with van der Waals surface area (Å²) in [6.45, 7) is 0. The molecule has 1 nitrogen and oxygen atoms in total. The number of anilines is 3. The molecule has 0 radical (unpaired) electrons. The van der Waals surface area contributed by atoms with E-state index in [4.69, 9.17) is 0 Å². The van der Waals surface area contributed by atoms with Crippen LogP contribution >= 0.6 is 0 Å². The highest BCUT2D eigenvalue weighted by Crippen LogP contribution is 2.49. The molecule has 308 valence electrons. The minimum absolute atomic E-state index is 0.260. The van der Waals surface area contributed by atoms with E-state index in [1.165, 1.54) is 99.0 Å². The molecule has 13 aromatic rings. The molecule has 0 heterocycles. The topological polar surface area (TPSA) is 3.24 Å². The maximum absolute atomic E-state index is 14.4. The van der Waals surface area contributed by atoms with Gasteiger partial charge in [-0.1, -0.05) is 182 Å². The first-order valence-corrected chi connectivity index (χ1v) is 22.6. The minimum atomic E-state index is -0.260. The van der Waals surface area contributed by atoms with Gasteiger partial charge in [0.1, 0.15) is 5.82 Å². The van der Waals surface area contributed by atoms with Crippen molar-refractivity contribution in [1.29, 1.82) is 0 Å². The number of nitrogens with zero attached hydrogens (tertiary/aromatic N) is 1. The molecule has 0 saturated carbocycles. The normalized spacial score (nSPS) is 11.7. The molecule has 0 bridgehead atoms. The molecule has 0 aliphatic rings. The van der Waals surface area contributed by atoms with Crippen molar-refractivity contribution in [1.82, 2.24) is 0 Å². The second-order valence-electron chi connectivity index (χ2n) is 17.3. The molecule has 0 aliphatic heterocycles. The standard InChI is InChI=1S/C64H40FN/c65-46-31-35-48(36-32-46)66(62-27-13-17-42-14-1-6-20-51(42)62)47-33-28-41(29-34-47)43-30-37-58-61(38-43)64(60-40-45-16-3-5-19-50(45)53-22-8-10-24-55(53)60)57-26-12-11-25-56(57)63(58)59-39-44-15-2-4-18-49(44)52-21-7-9-23-54(52)59/h1-40H. The predicted octanol–water partition coefficient (Wildman–Crippen LogP) is 18.4. The van der Waals surface area contributed by atoms with E-state index in [1.54, 1.807) is 0 Å². The molecule has 13 aromatic carbocycles. The van der Waals surface area contributed by atoms with Gasteiger partial charge in [0.05, 0.1) is 5.69 Å². The highest BCUT2D eigenvalue weighted by Gasteiger charge is 2.22. The van der Waals surface area contributed by atoms with E-state index in [2.05, 4.69) is 223 Å². The van der Waals surface area contributed by atoms with Crippen LogP contribution in [0.1, 0.15) is 0 Å². The van der Waals surface area contributed by atoms with Gasteiger partial charge in [0.2, 0.25) is 0 Å². The molecule has 0 unspecified atom stereocenters. The van der Waals surface area contributed by atoms with Gasteiger partial charge in [-0.2, -0.15) is 0 Å². The maximum Gasteiger partial charge on any atom is 0.123 e. The fourth-order valence-corrected chi connectivity index (χ4v) is 10.7. The van der Waals surface area contributed by atoms with Crippen molar-refractivity contribution in [2.24, 2.45) is 0 Å². The quantitative estimate of drug-likeness (QED) is 0.119. The molecule has 0 spiro atoms. The first kappa shape index (κ1) is 37.9. The lowest BCUT2D eigenvalue weighted by molar-refractivity contribution is 0.628. The molecule has 0 saturated heterocycles. The summed E-state index contributed by atoms with van der Waals surface area (Å²) in [5.41, 5.74) is 10.1. The Morgan fingerprint density at radius 1 is 0.258 bits per heavy atom. The van der Waals surface area contributed by atoms with Crippen molar-refractivity contribution in [3.8, 4) is 33.4 Å². The Bertz CT molecular complexity index is 4050. The molecular weight excluding hydrogens is 802 g/mol. The van der Waals surface area contributed by atoms with Crippen LogP contribution in [0.4, 0.5) is 21.5 Å². The summed E-state index contributed by atoms with van der Waals surface area (Å²) in [7, 11) is 0. The van der Waals surface area contributed by atoms with E-state index in [0.717, 1.165) is 39.0 Å². The van der Waals surface area contributed by atoms with Crippen LogP contribution in [0, 0.1) is 5.82 Å². The van der Waals surface area contributed by atoms with Crippen LogP contribution in [0.15, 0.2) is 243 Å². The van der Waals surface area contributed by atoms with E-state index in [0.29, 0.717) is 0 Å². The monoisotopic (exact) mass is 841 g/mol. The maximum atomic E-state index is 14.4. The Morgan fingerprint density at radius 3 is 1.24 bits per heavy atom. The Hall–Kier alpha value is -8.59. The Labute approximate surface area is 381 Å². The van der Waals surface area contributed by atoms with E-state index in [9.17, 15) is 4.39 Å². The van der Waals surface area contributed by atoms with Crippen molar-refractivity contribution >= 4 is 92.5 Å². The number of halogens is 1. The first-order valence-electron chi connectivity index (χ1n) is 22.6. The predicted molar refractivity (Wildman–Crippen MR) is 280 cm³/mol. The Balaban J connectivity index is 1.08. The van der Waals surface area contributed by atoms with E-state index in [-0.39, 0.29) is 5.82 Å². The summed E-state index contributed by atoms with van der Waals surface area (Å²) in [5.74, 6) is -0.260. The summed E-state index contributed by atoms with van der Waals surface area (Å²) < 4.78 is 14.4. The van der Waals surface area contributed by atoms with Crippen molar-refractivity contribution < 1.29 is 4.39 Å². The third-order valence-corrected chi connectivity index (χ3v) is 13.6. The molecule has 0 atom stereocenters. The second kappa shape index (κ2) is 15.3. The average molecular weight is 842 g/mol. The lowest BCUT2D eigenvalue weighted by Crippen LogP contribution is -2.10. The third kappa shape index (κ3) is 6.07. The van der Waals surface area contributed by atoms with Crippen LogP contribution in [0.25, 0.3) is 109 Å². The summed E-state index contributed by atoms with van der Waals surface area (Å²) in [5, 5.41) is 17.0. The summed E-state index contributed by atoms with van der Waals surface area (Å²) in [4.78, 5) is 2.22. The van der Waals surface area contributed by atoms with Gasteiger partial charge < -0.3 is 4.90 Å². The molecule has 0 aliphatic carbocycles. The van der Waals surface area contributed by atoms with E-state index < -0.39 is 0 Å². The number of rotatable bonds is 6. The van der Waals surface area contributed by atoms with E-state index in [1.807, 2.05) is 12.1 Å². The van der Waals surface area contributed by atoms with Crippen LogP contribution in [-0.4, -0.2) is 0 Å². The number of fused-ring (bicyclic) bond motifs is 9. The largest absolute Gasteiger partial charge is 0.310 e. The highest BCUT2D eigenvalue weighted by atomic mass is 19.1. The minimum Gasteiger partial charge on any atom is -0.310 e. The zero-order chi connectivity index (χ0) is 43.7. The van der Waals surface area contributed by atoms with Crippen molar-refractivity contribution in [3.05, 3.63) is 248 Å². The fraction of sp³-hybridized carbons (Fsp3) is 0. The van der Waals surface area contributed by atoms with Crippen LogP contribution in [0.3, 0.4) is 0 Å². The molecular formula is C64H40FN. The lowest BCUT2D eigenvalue weighted by atomic mass is 9.81. The van der Waals surface area contributed by atoms with Gasteiger partial charge in [0, 0.05) is 16.8 Å².